The first-order valence-electron chi connectivity index (χ1n) is 20.7. The molecule has 3 fully saturated rings. The Morgan fingerprint density at radius 2 is 1.41 bits per heavy atom. The van der Waals surface area contributed by atoms with Crippen LogP contribution >= 0.6 is 0 Å². The summed E-state index contributed by atoms with van der Waals surface area (Å²) in [6.45, 7) is 7.69. The molecule has 1 saturated heterocycles. The minimum atomic E-state index is -2.44. The number of Topliss-reactive ketones (excluding diaryl/α,β-unsaturated/α-hetero) is 1. The number of hydrogen-bond acceptors (Lipinski definition) is 15. The van der Waals surface area contributed by atoms with Gasteiger partial charge in [0.2, 0.25) is 0 Å². The van der Waals surface area contributed by atoms with E-state index in [1.807, 2.05) is 0 Å². The first kappa shape index (κ1) is 45.3. The first-order valence-corrected chi connectivity index (χ1v) is 20.7. The van der Waals surface area contributed by atoms with Crippen LogP contribution in [0.15, 0.2) is 102 Å². The molecule has 1 heterocycles. The van der Waals surface area contributed by atoms with Gasteiger partial charge in [0.1, 0.15) is 23.9 Å². The molecule has 1 aliphatic heterocycles. The molecule has 0 aromatic heterocycles. The summed E-state index contributed by atoms with van der Waals surface area (Å²) in [5, 5.41) is 40.4. The highest BCUT2D eigenvalue weighted by atomic mass is 16.6. The van der Waals surface area contributed by atoms with E-state index in [4.69, 9.17) is 29.4 Å². The zero-order valence-electron chi connectivity index (χ0n) is 35.7. The number of rotatable bonds is 10. The molecule has 3 aromatic rings. The van der Waals surface area contributed by atoms with Crippen LogP contribution in [0.5, 0.6) is 0 Å². The minimum absolute atomic E-state index is 0.0427. The highest BCUT2D eigenvalue weighted by Gasteiger charge is 2.80. The number of nitrogens with two attached hydrogens (primary N) is 1. The zero-order valence-corrected chi connectivity index (χ0v) is 35.7. The largest absolute Gasteiger partial charge is 0.456 e. The minimum Gasteiger partial charge on any atom is -0.456 e. The van der Waals surface area contributed by atoms with Gasteiger partial charge in [0.25, 0.3) is 5.91 Å². The molecule has 0 radical (unpaired) electrons. The summed E-state index contributed by atoms with van der Waals surface area (Å²) < 4.78 is 30.2. The fourth-order valence-electron chi connectivity index (χ4n) is 10.4. The van der Waals surface area contributed by atoms with Crippen molar-refractivity contribution in [2.75, 3.05) is 6.61 Å². The Hall–Kier alpha value is -5.78. The number of aliphatic hydroxyl groups is 3. The van der Waals surface area contributed by atoms with Gasteiger partial charge in [-0.25, -0.2) is 9.59 Å². The van der Waals surface area contributed by atoms with E-state index in [0.717, 1.165) is 13.8 Å². The Bertz CT molecular complexity index is 2320. The van der Waals surface area contributed by atoms with E-state index in [0.29, 0.717) is 5.56 Å². The van der Waals surface area contributed by atoms with Gasteiger partial charge in [0.15, 0.2) is 23.6 Å². The van der Waals surface area contributed by atoms with Gasteiger partial charge >= 0.3 is 23.9 Å². The summed E-state index contributed by atoms with van der Waals surface area (Å²) >= 11 is 0. The van der Waals surface area contributed by atoms with Crippen LogP contribution in [0.2, 0.25) is 0 Å². The molecule has 334 valence electrons. The third kappa shape index (κ3) is 7.42. The lowest BCUT2D eigenvalue weighted by Gasteiger charge is -2.68. The molecule has 4 aliphatic rings. The first-order chi connectivity index (χ1) is 29.7. The number of carbonyl (C=O) groups is 6. The number of aliphatic hydroxyl groups excluding tert-OH is 2. The molecular formula is C47H52N2O14. The van der Waals surface area contributed by atoms with Crippen molar-refractivity contribution in [1.82, 2.24) is 5.32 Å². The number of carbonyl (C=O) groups excluding carboxylic acids is 6. The summed E-state index contributed by atoms with van der Waals surface area (Å²) in [7, 11) is 0. The molecule has 7 rings (SSSR count). The smallest absolute Gasteiger partial charge is 0.338 e. The number of amides is 1. The number of fused-ring (bicyclic) bond motifs is 5. The van der Waals surface area contributed by atoms with Crippen molar-refractivity contribution in [3.05, 3.63) is 119 Å². The molecule has 1 amide bonds. The second kappa shape index (κ2) is 16.7. The summed E-state index contributed by atoms with van der Waals surface area (Å²) in [6, 6.07) is 21.4. The van der Waals surface area contributed by atoms with Crippen molar-refractivity contribution < 1.29 is 67.8 Å². The van der Waals surface area contributed by atoms with Gasteiger partial charge in [-0.3, -0.25) is 19.2 Å². The lowest BCUT2D eigenvalue weighted by atomic mass is 9.44. The second-order valence-corrected chi connectivity index (χ2v) is 17.6. The van der Waals surface area contributed by atoms with Crippen molar-refractivity contribution >= 4 is 35.6 Å². The molecule has 0 unspecified atom stereocenters. The average Bonchev–Trinajstić information content (AvgIpc) is 3.24. The van der Waals surface area contributed by atoms with Crippen LogP contribution in [0.3, 0.4) is 0 Å². The molecule has 12 atom stereocenters. The van der Waals surface area contributed by atoms with E-state index in [-0.39, 0.29) is 22.3 Å². The lowest BCUT2D eigenvalue weighted by molar-refractivity contribution is -0.350. The Labute approximate surface area is 363 Å². The zero-order chi connectivity index (χ0) is 45.8. The third-order valence-electron chi connectivity index (χ3n) is 13.6. The predicted octanol–water partition coefficient (Wildman–Crippen LogP) is 2.67. The molecule has 2 saturated carbocycles. The van der Waals surface area contributed by atoms with E-state index in [9.17, 15) is 39.3 Å². The number of ketones is 1. The van der Waals surface area contributed by atoms with E-state index in [1.54, 1.807) is 78.9 Å². The summed E-state index contributed by atoms with van der Waals surface area (Å²) in [4.78, 5) is 83.7. The quantitative estimate of drug-likeness (QED) is 0.112. The highest BCUT2D eigenvalue weighted by molar-refractivity contribution is 5.96. The maximum absolute atomic E-state index is 15.6. The highest BCUT2D eigenvalue weighted by Crippen LogP contribution is 2.64. The monoisotopic (exact) mass is 868 g/mol. The molecule has 3 aliphatic carbocycles. The second-order valence-electron chi connectivity index (χ2n) is 17.6. The van der Waals surface area contributed by atoms with Crippen LogP contribution in [0.25, 0.3) is 0 Å². The van der Waals surface area contributed by atoms with Crippen LogP contribution in [-0.4, -0.2) is 111 Å². The normalized spacial score (nSPS) is 32.7. The number of ether oxygens (including phenoxy) is 5. The van der Waals surface area contributed by atoms with Gasteiger partial charge in [-0.1, -0.05) is 80.6 Å². The van der Waals surface area contributed by atoms with E-state index >= 15 is 4.79 Å². The Balaban J connectivity index is 1.40. The van der Waals surface area contributed by atoms with E-state index in [2.05, 4.69) is 5.32 Å². The van der Waals surface area contributed by atoms with E-state index in [1.165, 1.54) is 39.8 Å². The third-order valence-corrected chi connectivity index (χ3v) is 13.6. The standard InChI is InChI=1S/C47H52N2O14/c1-24-30(61-43(57)34(52)33(27-16-10-7-11-17-27)49-41(55)28-18-12-8-13-19-28)22-47(58)40(62-42(56)29-20-14-9-15-21-29)36-45(6,38(54)35(60-25(2)50)31(24)44(47,4)5)37(53)32(48)39-46(36,23-59-39)63-26(3)51/h7-21,30,32-37,39-40,52-53,58H,22-23,48H2,1-6H3,(H,49,55)/t30-,32+,33-,34+,35+,36-,37+,39+,40-,45-,46+,47+/m0/s1. The Morgan fingerprint density at radius 1 is 0.841 bits per heavy atom. The fourth-order valence-corrected chi connectivity index (χ4v) is 10.4. The van der Waals surface area contributed by atoms with Crippen molar-refractivity contribution in [1.29, 1.82) is 0 Å². The number of nitrogens with one attached hydrogen (secondary N) is 1. The van der Waals surface area contributed by atoms with Crippen molar-refractivity contribution in [2.24, 2.45) is 22.5 Å². The summed E-state index contributed by atoms with van der Waals surface area (Å²) in [5.74, 6) is -7.17. The van der Waals surface area contributed by atoms with Crippen LogP contribution in [-0.2, 0) is 42.9 Å². The summed E-state index contributed by atoms with van der Waals surface area (Å²) in [6.07, 6.45) is -11.0. The molecule has 3 aromatic carbocycles. The van der Waals surface area contributed by atoms with Crippen molar-refractivity contribution in [3.8, 4) is 0 Å². The van der Waals surface area contributed by atoms with E-state index < -0.39 is 125 Å². The molecule has 63 heavy (non-hydrogen) atoms. The van der Waals surface area contributed by atoms with Gasteiger partial charge < -0.3 is 50.1 Å². The SMILES string of the molecule is CC(=O)O[C@H]1C(=O)[C@]2(C)[C@H](O)[C@@H](N)[C@H]3OC[C@@]3(OC(C)=O)[C@H]2[C@H](OC(=O)c2ccccc2)[C@]2(O)C[C@H](OC(=O)[C@H](O)[C@@H](NC(=O)c3ccccc3)c3ccccc3)C(C)=C1C2(C)C. The predicted molar refractivity (Wildman–Crippen MR) is 221 cm³/mol. The Morgan fingerprint density at radius 3 is 1.95 bits per heavy atom. The number of hydrogen-bond donors (Lipinski definition) is 5. The van der Waals surface area contributed by atoms with Crippen LogP contribution < -0.4 is 11.1 Å². The number of benzene rings is 3. The molecular weight excluding hydrogens is 817 g/mol. The van der Waals surface area contributed by atoms with Gasteiger partial charge in [-0.2, -0.15) is 0 Å². The van der Waals surface area contributed by atoms with Crippen LogP contribution in [0.1, 0.15) is 80.3 Å². The van der Waals surface area contributed by atoms with Crippen LogP contribution in [0, 0.1) is 16.7 Å². The maximum Gasteiger partial charge on any atom is 0.338 e. The van der Waals surface area contributed by atoms with Gasteiger partial charge in [-0.15, -0.1) is 0 Å². The molecule has 2 bridgehead atoms. The van der Waals surface area contributed by atoms with Gasteiger partial charge in [0.05, 0.1) is 41.7 Å². The lowest BCUT2D eigenvalue weighted by Crippen LogP contribution is -2.86. The van der Waals surface area contributed by atoms with Crippen molar-refractivity contribution in [2.45, 2.75) is 108 Å². The van der Waals surface area contributed by atoms with Gasteiger partial charge in [-0.05, 0) is 54.8 Å². The molecule has 6 N–H and O–H groups in total. The molecule has 0 spiro atoms. The fraction of sp³-hybridized carbons (Fsp3) is 0.447. The average molecular weight is 869 g/mol. The molecule has 16 heteroatoms. The topological polar surface area (TPSA) is 247 Å². The Kier molecular flexibility index (Phi) is 12.0. The maximum atomic E-state index is 15.6. The number of esters is 4. The van der Waals surface area contributed by atoms with Crippen LogP contribution in [0.4, 0.5) is 0 Å². The molecule has 16 nitrogen and oxygen atoms in total. The summed E-state index contributed by atoms with van der Waals surface area (Å²) in [5.41, 5.74) is -0.937. The van der Waals surface area contributed by atoms with Crippen molar-refractivity contribution in [3.63, 3.8) is 0 Å². The van der Waals surface area contributed by atoms with Gasteiger partial charge in [0, 0.05) is 31.2 Å².